The second-order valence-corrected chi connectivity index (χ2v) is 6.27. The molecule has 0 atom stereocenters. The van der Waals surface area contributed by atoms with Crippen LogP contribution in [-0.2, 0) is 5.41 Å². The van der Waals surface area contributed by atoms with Crippen LogP contribution in [-0.4, -0.2) is 12.4 Å². The van der Waals surface area contributed by atoms with Gasteiger partial charge in [-0.2, -0.15) is 0 Å². The smallest absolute Gasteiger partial charge is 0.195 e. The van der Waals surface area contributed by atoms with E-state index in [1.54, 1.807) is 18.2 Å². The fourth-order valence-corrected chi connectivity index (χ4v) is 2.65. The summed E-state index contributed by atoms with van der Waals surface area (Å²) in [6.45, 7) is 4.68. The van der Waals surface area contributed by atoms with Gasteiger partial charge in [-0.3, -0.25) is 4.79 Å². The minimum Gasteiger partial charge on any atom is -0.492 e. The average molecular weight is 305 g/mol. The van der Waals surface area contributed by atoms with E-state index in [2.05, 4.69) is 13.8 Å². The molecule has 0 saturated carbocycles. The Morgan fingerprint density at radius 1 is 1.24 bits per heavy atom. The molecule has 0 unspecified atom stereocenters. The Morgan fingerprint density at radius 2 is 2.00 bits per heavy atom. The van der Waals surface area contributed by atoms with Crippen LogP contribution in [0.15, 0.2) is 36.4 Å². The summed E-state index contributed by atoms with van der Waals surface area (Å²) in [4.78, 5) is 12.5. The number of fused-ring (bicyclic) bond motifs is 1. The third-order valence-corrected chi connectivity index (χ3v) is 3.97. The Labute approximate surface area is 127 Å². The Morgan fingerprint density at radius 3 is 2.71 bits per heavy atom. The first kappa shape index (κ1) is 14.1. The van der Waals surface area contributed by atoms with E-state index >= 15 is 0 Å². The van der Waals surface area contributed by atoms with Crippen molar-refractivity contribution in [1.29, 1.82) is 0 Å². The molecule has 2 nitrogen and oxygen atoms in total. The monoisotopic (exact) mass is 304 g/mol. The van der Waals surface area contributed by atoms with Gasteiger partial charge in [0.05, 0.1) is 12.2 Å². The normalized spacial score (nSPS) is 15.4. The maximum absolute atomic E-state index is 13.9. The number of ether oxygens (including phenoxy) is 1. The third kappa shape index (κ3) is 2.42. The summed E-state index contributed by atoms with van der Waals surface area (Å²) in [6, 6.07) is 9.29. The molecule has 108 valence electrons. The highest BCUT2D eigenvalue weighted by Gasteiger charge is 2.32. The molecular weight excluding hydrogens is 291 g/mol. The number of carbonyl (C=O) groups excluding carboxylic acids is 1. The van der Waals surface area contributed by atoms with E-state index in [0.29, 0.717) is 12.2 Å². The molecule has 0 N–H and O–H groups in total. The van der Waals surface area contributed by atoms with Gasteiger partial charge in [-0.1, -0.05) is 25.4 Å². The average Bonchev–Trinajstić information content (AvgIpc) is 2.74. The predicted molar refractivity (Wildman–Crippen MR) is 79.8 cm³/mol. The number of rotatable bonds is 2. The lowest BCUT2D eigenvalue weighted by Crippen LogP contribution is -2.18. The first-order valence-corrected chi connectivity index (χ1v) is 7.03. The summed E-state index contributed by atoms with van der Waals surface area (Å²) >= 11 is 5.71. The van der Waals surface area contributed by atoms with E-state index in [1.165, 1.54) is 12.1 Å². The molecule has 1 heterocycles. The molecule has 4 heteroatoms. The highest BCUT2D eigenvalue weighted by Crippen LogP contribution is 2.39. The molecule has 0 radical (unpaired) electrons. The lowest BCUT2D eigenvalue weighted by atomic mass is 9.85. The minimum absolute atomic E-state index is 0.0241. The van der Waals surface area contributed by atoms with Gasteiger partial charge in [0, 0.05) is 21.6 Å². The number of carbonyl (C=O) groups is 1. The van der Waals surface area contributed by atoms with Crippen LogP contribution in [0.1, 0.15) is 35.3 Å². The Kier molecular flexibility index (Phi) is 3.25. The van der Waals surface area contributed by atoms with Crippen LogP contribution in [0.25, 0.3) is 0 Å². The standard InChI is InChI=1S/C17H14ClFO2/c1-17(2)9-21-15-6-3-10(7-13(15)17)16(20)12-5-4-11(18)8-14(12)19/h3-8H,9H2,1-2H3. The first-order valence-electron chi connectivity index (χ1n) is 6.65. The van der Waals surface area contributed by atoms with Crippen LogP contribution >= 0.6 is 11.6 Å². The van der Waals surface area contributed by atoms with Crippen molar-refractivity contribution in [1.82, 2.24) is 0 Å². The molecule has 21 heavy (non-hydrogen) atoms. The molecule has 1 aliphatic heterocycles. The summed E-state index contributed by atoms with van der Waals surface area (Å²) in [6.07, 6.45) is 0. The largest absolute Gasteiger partial charge is 0.492 e. The molecule has 0 aromatic heterocycles. The van der Waals surface area contributed by atoms with Crippen LogP contribution < -0.4 is 4.74 Å². The van der Waals surface area contributed by atoms with Crippen molar-refractivity contribution in [2.45, 2.75) is 19.3 Å². The zero-order valence-corrected chi connectivity index (χ0v) is 12.5. The molecule has 2 aromatic rings. The van der Waals surface area contributed by atoms with Gasteiger partial charge in [-0.15, -0.1) is 0 Å². The van der Waals surface area contributed by atoms with Crippen molar-refractivity contribution in [2.75, 3.05) is 6.61 Å². The van der Waals surface area contributed by atoms with E-state index in [-0.39, 0.29) is 21.8 Å². The maximum atomic E-state index is 13.9. The van der Waals surface area contributed by atoms with Crippen molar-refractivity contribution in [3.8, 4) is 5.75 Å². The summed E-state index contributed by atoms with van der Waals surface area (Å²) in [5.74, 6) is -0.175. The molecule has 0 fully saturated rings. The van der Waals surface area contributed by atoms with Crippen molar-refractivity contribution in [3.63, 3.8) is 0 Å². The van der Waals surface area contributed by atoms with E-state index in [1.807, 2.05) is 0 Å². The SMILES string of the molecule is CC1(C)COc2ccc(C(=O)c3ccc(Cl)cc3F)cc21. The van der Waals surface area contributed by atoms with Crippen molar-refractivity contribution < 1.29 is 13.9 Å². The van der Waals surface area contributed by atoms with E-state index in [9.17, 15) is 9.18 Å². The van der Waals surface area contributed by atoms with Gasteiger partial charge in [0.15, 0.2) is 5.78 Å². The van der Waals surface area contributed by atoms with Crippen molar-refractivity contribution in [2.24, 2.45) is 0 Å². The lowest BCUT2D eigenvalue weighted by Gasteiger charge is -2.15. The quantitative estimate of drug-likeness (QED) is 0.770. The van der Waals surface area contributed by atoms with Crippen LogP contribution in [0.2, 0.25) is 5.02 Å². The summed E-state index contributed by atoms with van der Waals surface area (Å²) in [7, 11) is 0. The van der Waals surface area contributed by atoms with E-state index < -0.39 is 5.82 Å². The molecule has 2 aromatic carbocycles. The highest BCUT2D eigenvalue weighted by atomic mass is 35.5. The number of hydrogen-bond acceptors (Lipinski definition) is 2. The number of hydrogen-bond donors (Lipinski definition) is 0. The number of halogens is 2. The summed E-state index contributed by atoms with van der Waals surface area (Å²) in [5.41, 5.74) is 1.30. The van der Waals surface area contributed by atoms with Gasteiger partial charge >= 0.3 is 0 Å². The molecule has 0 amide bonds. The summed E-state index contributed by atoms with van der Waals surface area (Å²) < 4.78 is 19.5. The number of benzene rings is 2. The zero-order chi connectivity index (χ0) is 15.2. The Bertz CT molecular complexity index is 738. The van der Waals surface area contributed by atoms with Crippen LogP contribution in [0.4, 0.5) is 4.39 Å². The Hall–Kier alpha value is -1.87. The van der Waals surface area contributed by atoms with Crippen LogP contribution in [0.5, 0.6) is 5.75 Å². The lowest BCUT2D eigenvalue weighted by molar-refractivity contribution is 0.103. The second-order valence-electron chi connectivity index (χ2n) is 5.84. The molecular formula is C17H14ClFO2. The van der Waals surface area contributed by atoms with Crippen molar-refractivity contribution >= 4 is 17.4 Å². The molecule has 0 aliphatic carbocycles. The first-order chi connectivity index (χ1) is 9.88. The molecule has 1 aliphatic rings. The predicted octanol–water partition coefficient (Wildman–Crippen LogP) is 4.38. The fourth-order valence-electron chi connectivity index (χ4n) is 2.49. The highest BCUT2D eigenvalue weighted by molar-refractivity contribution is 6.30. The van der Waals surface area contributed by atoms with Crippen molar-refractivity contribution in [3.05, 3.63) is 63.9 Å². The molecule has 3 rings (SSSR count). The van der Waals surface area contributed by atoms with Gasteiger partial charge in [0.1, 0.15) is 11.6 Å². The van der Waals surface area contributed by atoms with Gasteiger partial charge in [0.2, 0.25) is 0 Å². The molecule has 0 saturated heterocycles. The van der Waals surface area contributed by atoms with Crippen LogP contribution in [0, 0.1) is 5.82 Å². The zero-order valence-electron chi connectivity index (χ0n) is 11.7. The van der Waals surface area contributed by atoms with Crippen LogP contribution in [0.3, 0.4) is 0 Å². The maximum Gasteiger partial charge on any atom is 0.195 e. The molecule has 0 bridgehead atoms. The van der Waals surface area contributed by atoms with E-state index in [4.69, 9.17) is 16.3 Å². The molecule has 0 spiro atoms. The van der Waals surface area contributed by atoms with Gasteiger partial charge in [0.25, 0.3) is 0 Å². The summed E-state index contributed by atoms with van der Waals surface area (Å²) in [5, 5.41) is 0.271. The van der Waals surface area contributed by atoms with E-state index in [0.717, 1.165) is 17.4 Å². The van der Waals surface area contributed by atoms with Gasteiger partial charge < -0.3 is 4.74 Å². The van der Waals surface area contributed by atoms with Gasteiger partial charge in [-0.25, -0.2) is 4.39 Å². The minimum atomic E-state index is -0.608. The second kappa shape index (κ2) is 4.85. The Balaban J connectivity index is 2.03. The third-order valence-electron chi connectivity index (χ3n) is 3.74. The fraction of sp³-hybridized carbons (Fsp3) is 0.235. The number of ketones is 1. The topological polar surface area (TPSA) is 26.3 Å². The van der Waals surface area contributed by atoms with Gasteiger partial charge in [-0.05, 0) is 36.4 Å².